The number of amidine groups is 1. The lowest BCUT2D eigenvalue weighted by Gasteiger charge is -2.28. The first-order valence-corrected chi connectivity index (χ1v) is 10.5. The summed E-state index contributed by atoms with van der Waals surface area (Å²) in [6, 6.07) is 13.6. The van der Waals surface area contributed by atoms with Crippen LogP contribution in [0.3, 0.4) is 0 Å². The van der Waals surface area contributed by atoms with Crippen LogP contribution in [0.15, 0.2) is 53.5 Å². The number of amides is 2. The second-order valence-electron chi connectivity index (χ2n) is 6.64. The van der Waals surface area contributed by atoms with E-state index in [2.05, 4.69) is 15.0 Å². The van der Waals surface area contributed by atoms with Crippen LogP contribution in [0.1, 0.15) is 23.7 Å². The summed E-state index contributed by atoms with van der Waals surface area (Å²) in [5.41, 5.74) is 1.56. The molecule has 8 nitrogen and oxygen atoms in total. The van der Waals surface area contributed by atoms with Crippen molar-refractivity contribution in [1.82, 2.24) is 4.90 Å². The second-order valence-corrected chi connectivity index (χ2v) is 7.81. The summed E-state index contributed by atoms with van der Waals surface area (Å²) < 4.78 is 10.1. The minimum absolute atomic E-state index is 0.0650. The van der Waals surface area contributed by atoms with E-state index in [-0.39, 0.29) is 18.2 Å². The molecule has 1 saturated heterocycles. The van der Waals surface area contributed by atoms with Gasteiger partial charge in [0.15, 0.2) is 5.17 Å². The highest BCUT2D eigenvalue weighted by atomic mass is 32.2. The number of nitrogens with one attached hydrogen (secondary N) is 1. The first-order valence-electron chi connectivity index (χ1n) is 9.65. The summed E-state index contributed by atoms with van der Waals surface area (Å²) in [6.07, 6.45) is 0.0650. The first-order chi connectivity index (χ1) is 14.9. The van der Waals surface area contributed by atoms with Crippen molar-refractivity contribution in [1.29, 1.82) is 0 Å². The average molecular weight is 442 g/mol. The monoisotopic (exact) mass is 441 g/mol. The molecule has 3 rings (SSSR count). The maximum atomic E-state index is 12.7. The van der Waals surface area contributed by atoms with E-state index in [4.69, 9.17) is 4.74 Å². The Balaban J connectivity index is 1.71. The molecule has 0 bridgehead atoms. The highest BCUT2D eigenvalue weighted by molar-refractivity contribution is 8.15. The van der Waals surface area contributed by atoms with E-state index in [1.54, 1.807) is 55.6 Å². The van der Waals surface area contributed by atoms with Crippen molar-refractivity contribution >= 4 is 46.1 Å². The number of thioether (sulfide) groups is 1. The maximum Gasteiger partial charge on any atom is 0.337 e. The van der Waals surface area contributed by atoms with Gasteiger partial charge in [0.05, 0.1) is 25.0 Å². The normalized spacial score (nSPS) is 17.4. The minimum Gasteiger partial charge on any atom is -0.494 e. The summed E-state index contributed by atoms with van der Waals surface area (Å²) in [6.45, 7) is 2.48. The number of carbonyl (C=O) groups excluding carboxylic acids is 3. The zero-order valence-electron chi connectivity index (χ0n) is 17.5. The van der Waals surface area contributed by atoms with Gasteiger partial charge in [-0.15, -0.1) is 0 Å². The average Bonchev–Trinajstić information content (AvgIpc) is 2.78. The zero-order chi connectivity index (χ0) is 22.4. The van der Waals surface area contributed by atoms with E-state index in [0.29, 0.717) is 28.7 Å². The fraction of sp³-hybridized carbons (Fsp3) is 0.273. The van der Waals surface area contributed by atoms with Crippen molar-refractivity contribution in [3.8, 4) is 5.75 Å². The van der Waals surface area contributed by atoms with Gasteiger partial charge in [0.2, 0.25) is 11.8 Å². The fourth-order valence-corrected chi connectivity index (χ4v) is 3.89. The molecule has 1 unspecified atom stereocenters. The Labute approximate surface area is 184 Å². The molecule has 162 valence electrons. The van der Waals surface area contributed by atoms with Crippen molar-refractivity contribution < 1.29 is 23.9 Å². The van der Waals surface area contributed by atoms with E-state index in [1.807, 2.05) is 6.92 Å². The smallest absolute Gasteiger partial charge is 0.337 e. The molecule has 1 aliphatic rings. The van der Waals surface area contributed by atoms with Crippen LogP contribution in [-0.2, 0) is 14.3 Å². The van der Waals surface area contributed by atoms with Gasteiger partial charge in [-0.1, -0.05) is 11.8 Å². The van der Waals surface area contributed by atoms with Gasteiger partial charge in [-0.25, -0.2) is 9.79 Å². The molecule has 1 fully saturated rings. The summed E-state index contributed by atoms with van der Waals surface area (Å²) >= 11 is 1.23. The molecular weight excluding hydrogens is 418 g/mol. The quantitative estimate of drug-likeness (QED) is 0.690. The second kappa shape index (κ2) is 10.1. The zero-order valence-corrected chi connectivity index (χ0v) is 18.3. The SMILES string of the molecule is CCOc1ccc(N=C2SC(C(=O)Nc3ccc(C(=O)OC)cc3)CC(=O)N2C)cc1. The van der Waals surface area contributed by atoms with Gasteiger partial charge in [-0.2, -0.15) is 0 Å². The largest absolute Gasteiger partial charge is 0.494 e. The Morgan fingerprint density at radius 1 is 1.16 bits per heavy atom. The topological polar surface area (TPSA) is 97.3 Å². The number of anilines is 1. The van der Waals surface area contributed by atoms with Crippen molar-refractivity contribution in [2.75, 3.05) is 26.1 Å². The predicted molar refractivity (Wildman–Crippen MR) is 120 cm³/mol. The van der Waals surface area contributed by atoms with Gasteiger partial charge >= 0.3 is 5.97 Å². The number of rotatable bonds is 6. The molecular formula is C22H23N3O5S. The van der Waals surface area contributed by atoms with Crippen molar-refractivity contribution in [3.05, 3.63) is 54.1 Å². The van der Waals surface area contributed by atoms with Crippen LogP contribution in [0.4, 0.5) is 11.4 Å². The number of methoxy groups -OCH3 is 1. The van der Waals surface area contributed by atoms with E-state index < -0.39 is 11.2 Å². The van der Waals surface area contributed by atoms with Gasteiger partial charge in [0.1, 0.15) is 11.0 Å². The number of hydrogen-bond donors (Lipinski definition) is 1. The summed E-state index contributed by atoms with van der Waals surface area (Å²) in [5, 5.41) is 2.61. The molecule has 0 radical (unpaired) electrons. The van der Waals surface area contributed by atoms with E-state index in [1.165, 1.54) is 23.8 Å². The molecule has 2 amide bonds. The molecule has 31 heavy (non-hydrogen) atoms. The molecule has 0 spiro atoms. The molecule has 0 aromatic heterocycles. The summed E-state index contributed by atoms with van der Waals surface area (Å²) in [7, 11) is 2.95. The van der Waals surface area contributed by atoms with Gasteiger partial charge in [0.25, 0.3) is 0 Å². The molecule has 1 heterocycles. The summed E-state index contributed by atoms with van der Waals surface area (Å²) in [4.78, 5) is 42.7. The van der Waals surface area contributed by atoms with Crippen LogP contribution in [0.5, 0.6) is 5.75 Å². The third kappa shape index (κ3) is 5.64. The molecule has 2 aromatic carbocycles. The van der Waals surface area contributed by atoms with E-state index >= 15 is 0 Å². The van der Waals surface area contributed by atoms with Gasteiger partial charge in [-0.05, 0) is 55.5 Å². The summed E-state index contributed by atoms with van der Waals surface area (Å²) in [5.74, 6) is -0.214. The third-order valence-electron chi connectivity index (χ3n) is 4.51. The number of carbonyl (C=O) groups is 3. The van der Waals surface area contributed by atoms with Crippen LogP contribution >= 0.6 is 11.8 Å². The molecule has 0 aliphatic carbocycles. The molecule has 1 aliphatic heterocycles. The lowest BCUT2D eigenvalue weighted by Crippen LogP contribution is -2.43. The first kappa shape index (κ1) is 22.4. The van der Waals surface area contributed by atoms with Gasteiger partial charge < -0.3 is 14.8 Å². The maximum absolute atomic E-state index is 12.7. The number of benzene rings is 2. The number of ether oxygens (including phenoxy) is 2. The van der Waals surface area contributed by atoms with Crippen LogP contribution in [0, 0.1) is 0 Å². The third-order valence-corrected chi connectivity index (χ3v) is 5.75. The highest BCUT2D eigenvalue weighted by Gasteiger charge is 2.34. The standard InChI is InChI=1S/C22H23N3O5S/c1-4-30-17-11-9-16(10-12-17)24-22-25(2)19(26)13-18(31-22)20(27)23-15-7-5-14(6-8-15)21(28)29-3/h5-12,18H,4,13H2,1-3H3,(H,23,27). The molecule has 9 heteroatoms. The molecule has 0 saturated carbocycles. The lowest BCUT2D eigenvalue weighted by atomic mass is 10.2. The highest BCUT2D eigenvalue weighted by Crippen LogP contribution is 2.29. The van der Waals surface area contributed by atoms with Crippen LogP contribution in [-0.4, -0.2) is 53.9 Å². The number of aliphatic imine (C=N–C) groups is 1. The number of hydrogen-bond acceptors (Lipinski definition) is 7. The molecule has 2 aromatic rings. The Morgan fingerprint density at radius 3 is 2.45 bits per heavy atom. The Kier molecular flexibility index (Phi) is 7.30. The van der Waals surface area contributed by atoms with Crippen molar-refractivity contribution in [3.63, 3.8) is 0 Å². The Morgan fingerprint density at radius 2 is 1.84 bits per heavy atom. The van der Waals surface area contributed by atoms with E-state index in [0.717, 1.165) is 5.75 Å². The van der Waals surface area contributed by atoms with Gasteiger partial charge in [-0.3, -0.25) is 14.5 Å². The van der Waals surface area contributed by atoms with E-state index in [9.17, 15) is 14.4 Å². The van der Waals surface area contributed by atoms with Crippen molar-refractivity contribution in [2.45, 2.75) is 18.6 Å². The van der Waals surface area contributed by atoms with Crippen LogP contribution in [0.25, 0.3) is 0 Å². The fourth-order valence-electron chi connectivity index (χ4n) is 2.82. The van der Waals surface area contributed by atoms with Crippen molar-refractivity contribution in [2.24, 2.45) is 4.99 Å². The minimum atomic E-state index is -0.620. The van der Waals surface area contributed by atoms with Gasteiger partial charge in [0, 0.05) is 19.2 Å². The molecule has 1 atom stereocenters. The molecule has 1 N–H and O–H groups in total. The Bertz CT molecular complexity index is 989. The Hall–Kier alpha value is -3.33. The predicted octanol–water partition coefficient (Wildman–Crippen LogP) is 3.46. The number of nitrogens with zero attached hydrogens (tertiary/aromatic N) is 2. The van der Waals surface area contributed by atoms with Crippen LogP contribution < -0.4 is 10.1 Å². The number of esters is 1. The van der Waals surface area contributed by atoms with Crippen LogP contribution in [0.2, 0.25) is 0 Å². The lowest BCUT2D eigenvalue weighted by molar-refractivity contribution is -0.128.